The second-order valence-corrected chi connectivity index (χ2v) is 11.4. The maximum absolute atomic E-state index is 13.9. The molecule has 36 heavy (non-hydrogen) atoms. The molecule has 0 spiro atoms. The van der Waals surface area contributed by atoms with Gasteiger partial charge in [-0.3, -0.25) is 13.9 Å². The van der Waals surface area contributed by atoms with Crippen LogP contribution in [0.15, 0.2) is 48.5 Å². The molecule has 1 N–H and O–H groups in total. The van der Waals surface area contributed by atoms with E-state index in [2.05, 4.69) is 5.32 Å². The third kappa shape index (κ3) is 7.53. The summed E-state index contributed by atoms with van der Waals surface area (Å²) in [7, 11) is -3.90. The first kappa shape index (κ1) is 27.6. The quantitative estimate of drug-likeness (QED) is 0.513. The average Bonchev–Trinajstić information content (AvgIpc) is 2.82. The Morgan fingerprint density at radius 3 is 2.39 bits per heavy atom. The molecule has 1 saturated carbocycles. The molecule has 2 aromatic carbocycles. The minimum Gasteiger partial charge on any atom is -0.352 e. The van der Waals surface area contributed by atoms with Gasteiger partial charge in [0.25, 0.3) is 0 Å². The van der Waals surface area contributed by atoms with Gasteiger partial charge in [0.1, 0.15) is 18.4 Å². The van der Waals surface area contributed by atoms with Crippen molar-refractivity contribution >= 4 is 27.5 Å². The van der Waals surface area contributed by atoms with Crippen LogP contribution in [0, 0.1) is 12.7 Å². The number of rotatable bonds is 10. The largest absolute Gasteiger partial charge is 0.352 e. The van der Waals surface area contributed by atoms with E-state index >= 15 is 0 Å². The lowest BCUT2D eigenvalue weighted by molar-refractivity contribution is -0.140. The Kier molecular flexibility index (Phi) is 9.48. The molecule has 3 rings (SSSR count). The molecule has 1 aliphatic carbocycles. The topological polar surface area (TPSA) is 86.8 Å². The number of anilines is 1. The van der Waals surface area contributed by atoms with Crippen molar-refractivity contribution < 1.29 is 22.4 Å². The molecule has 2 amide bonds. The van der Waals surface area contributed by atoms with E-state index in [-0.39, 0.29) is 24.2 Å². The van der Waals surface area contributed by atoms with Crippen LogP contribution in [0.25, 0.3) is 0 Å². The number of carbonyl (C=O) groups excluding carboxylic acids is 2. The van der Waals surface area contributed by atoms with Gasteiger partial charge in [-0.25, -0.2) is 12.8 Å². The van der Waals surface area contributed by atoms with E-state index in [1.807, 2.05) is 38.1 Å². The van der Waals surface area contributed by atoms with Crippen LogP contribution < -0.4 is 9.62 Å². The van der Waals surface area contributed by atoms with Crippen LogP contribution in [0.5, 0.6) is 0 Å². The number of nitrogens with zero attached hydrogens (tertiary/aromatic N) is 2. The summed E-state index contributed by atoms with van der Waals surface area (Å²) in [5.41, 5.74) is 1.90. The highest BCUT2D eigenvalue weighted by atomic mass is 32.2. The van der Waals surface area contributed by atoms with Gasteiger partial charge in [0.2, 0.25) is 21.8 Å². The highest BCUT2D eigenvalue weighted by Gasteiger charge is 2.32. The van der Waals surface area contributed by atoms with Crippen LogP contribution in [0.1, 0.15) is 56.6 Å². The number of halogens is 1. The zero-order valence-electron chi connectivity index (χ0n) is 21.2. The fraction of sp³-hybridized carbons (Fsp3) is 0.481. The smallest absolute Gasteiger partial charge is 0.244 e. The van der Waals surface area contributed by atoms with Crippen molar-refractivity contribution in [3.05, 3.63) is 65.5 Å². The third-order valence-electron chi connectivity index (χ3n) is 6.55. The molecule has 0 aromatic heterocycles. The summed E-state index contributed by atoms with van der Waals surface area (Å²) in [5.74, 6) is -1.37. The molecule has 2 aromatic rings. The third-order valence-corrected chi connectivity index (χ3v) is 7.69. The van der Waals surface area contributed by atoms with Gasteiger partial charge < -0.3 is 10.2 Å². The first-order chi connectivity index (χ1) is 17.1. The number of hydrogen-bond acceptors (Lipinski definition) is 4. The molecule has 0 bridgehead atoms. The molecule has 0 aliphatic heterocycles. The fourth-order valence-corrected chi connectivity index (χ4v) is 5.56. The summed E-state index contributed by atoms with van der Waals surface area (Å²) in [6, 6.07) is 12.1. The SMILES string of the molecule is CC[C@H](C(=O)NC1CCCCC1)N(Cc1cccc(C)c1)C(=O)CN(c1cccc(F)c1)S(C)(=O)=O. The van der Waals surface area contributed by atoms with Gasteiger partial charge in [-0.15, -0.1) is 0 Å². The van der Waals surface area contributed by atoms with Gasteiger partial charge in [0.05, 0.1) is 11.9 Å². The summed E-state index contributed by atoms with van der Waals surface area (Å²) in [4.78, 5) is 28.5. The van der Waals surface area contributed by atoms with Gasteiger partial charge in [0, 0.05) is 12.6 Å². The Bertz CT molecular complexity index is 1170. The molecule has 9 heteroatoms. The van der Waals surface area contributed by atoms with Crippen LogP contribution in [0.3, 0.4) is 0 Å². The van der Waals surface area contributed by atoms with E-state index in [0.717, 1.165) is 59.9 Å². The van der Waals surface area contributed by atoms with Crippen molar-refractivity contribution in [3.63, 3.8) is 0 Å². The summed E-state index contributed by atoms with van der Waals surface area (Å²) < 4.78 is 39.9. The van der Waals surface area contributed by atoms with Crippen molar-refractivity contribution in [2.24, 2.45) is 0 Å². The van der Waals surface area contributed by atoms with Crippen LogP contribution in [0.4, 0.5) is 10.1 Å². The minimum absolute atomic E-state index is 0.0565. The van der Waals surface area contributed by atoms with Crippen LogP contribution in [0.2, 0.25) is 0 Å². The standard InChI is InChI=1S/C27H36FN3O4S/c1-4-25(27(33)29-23-13-6-5-7-14-23)30(18-21-11-8-10-20(2)16-21)26(32)19-31(36(3,34)35)24-15-9-12-22(28)17-24/h8-12,15-17,23,25H,4-7,13-14,18-19H2,1-3H3,(H,29,33)/t25-/m1/s1. The second kappa shape index (κ2) is 12.3. The van der Waals surface area contributed by atoms with Crippen molar-refractivity contribution in [1.29, 1.82) is 0 Å². The molecule has 0 radical (unpaired) electrons. The zero-order valence-corrected chi connectivity index (χ0v) is 22.1. The summed E-state index contributed by atoms with van der Waals surface area (Å²) in [6.07, 6.45) is 6.45. The maximum atomic E-state index is 13.9. The summed E-state index contributed by atoms with van der Waals surface area (Å²) >= 11 is 0. The first-order valence-electron chi connectivity index (χ1n) is 12.5. The predicted octanol–water partition coefficient (Wildman–Crippen LogP) is 4.16. The van der Waals surface area contributed by atoms with E-state index in [4.69, 9.17) is 0 Å². The first-order valence-corrected chi connectivity index (χ1v) is 14.3. The zero-order chi connectivity index (χ0) is 26.3. The number of nitrogens with one attached hydrogen (secondary N) is 1. The Labute approximate surface area is 213 Å². The van der Waals surface area contributed by atoms with Crippen LogP contribution >= 0.6 is 0 Å². The second-order valence-electron chi connectivity index (χ2n) is 9.53. The van der Waals surface area contributed by atoms with Crippen molar-refractivity contribution in [2.75, 3.05) is 17.1 Å². The van der Waals surface area contributed by atoms with Gasteiger partial charge in [0.15, 0.2) is 0 Å². The number of hydrogen-bond donors (Lipinski definition) is 1. The molecule has 0 unspecified atom stereocenters. The van der Waals surface area contributed by atoms with E-state index in [1.165, 1.54) is 23.1 Å². The lowest BCUT2D eigenvalue weighted by Gasteiger charge is -2.34. The minimum atomic E-state index is -3.90. The van der Waals surface area contributed by atoms with Gasteiger partial charge >= 0.3 is 0 Å². The Hall–Kier alpha value is -2.94. The van der Waals surface area contributed by atoms with Crippen molar-refractivity contribution in [1.82, 2.24) is 10.2 Å². The maximum Gasteiger partial charge on any atom is 0.244 e. The number of amides is 2. The Morgan fingerprint density at radius 1 is 1.08 bits per heavy atom. The van der Waals surface area contributed by atoms with E-state index < -0.39 is 34.3 Å². The highest BCUT2D eigenvalue weighted by Crippen LogP contribution is 2.22. The molecule has 1 atom stereocenters. The molecule has 0 saturated heterocycles. The predicted molar refractivity (Wildman–Crippen MR) is 139 cm³/mol. The highest BCUT2D eigenvalue weighted by molar-refractivity contribution is 7.92. The molecule has 0 heterocycles. The lowest BCUT2D eigenvalue weighted by Crippen LogP contribution is -2.53. The number of aryl methyl sites for hydroxylation is 1. The van der Waals surface area contributed by atoms with E-state index in [9.17, 15) is 22.4 Å². The van der Waals surface area contributed by atoms with E-state index in [0.29, 0.717) is 6.42 Å². The number of sulfonamides is 1. The van der Waals surface area contributed by atoms with Gasteiger partial charge in [-0.05, 0) is 49.9 Å². The lowest BCUT2D eigenvalue weighted by atomic mass is 9.95. The van der Waals surface area contributed by atoms with Crippen LogP contribution in [-0.2, 0) is 26.2 Å². The van der Waals surface area contributed by atoms with Crippen molar-refractivity contribution in [3.8, 4) is 0 Å². The number of benzene rings is 2. The average molecular weight is 518 g/mol. The Morgan fingerprint density at radius 2 is 1.78 bits per heavy atom. The fourth-order valence-electron chi connectivity index (χ4n) is 4.72. The normalized spacial score (nSPS) is 15.2. The molecular weight excluding hydrogens is 481 g/mol. The Balaban J connectivity index is 1.91. The van der Waals surface area contributed by atoms with E-state index in [1.54, 1.807) is 0 Å². The van der Waals surface area contributed by atoms with Crippen LogP contribution in [-0.4, -0.2) is 50.0 Å². The summed E-state index contributed by atoms with van der Waals surface area (Å²) in [6.45, 7) is 3.39. The molecule has 1 fully saturated rings. The molecule has 1 aliphatic rings. The summed E-state index contributed by atoms with van der Waals surface area (Å²) in [5, 5.41) is 3.11. The van der Waals surface area contributed by atoms with Gasteiger partial charge in [-0.1, -0.05) is 62.1 Å². The molecule has 196 valence electrons. The van der Waals surface area contributed by atoms with Crippen molar-refractivity contribution in [2.45, 2.75) is 71.0 Å². The van der Waals surface area contributed by atoms with Gasteiger partial charge in [-0.2, -0.15) is 0 Å². The molecular formula is C27H36FN3O4S. The monoisotopic (exact) mass is 517 g/mol. The number of carbonyl (C=O) groups is 2. The molecule has 7 nitrogen and oxygen atoms in total.